The first-order chi connectivity index (χ1) is 13.0. The molecule has 0 bridgehead atoms. The third kappa shape index (κ3) is 5.82. The summed E-state index contributed by atoms with van der Waals surface area (Å²) in [4.78, 5) is 21.9. The summed E-state index contributed by atoms with van der Waals surface area (Å²) in [6.07, 6.45) is 0. The molecule has 0 radical (unpaired) electrons. The molecule has 0 fully saturated rings. The third-order valence-corrected chi connectivity index (χ3v) is 4.57. The van der Waals surface area contributed by atoms with E-state index in [1.165, 1.54) is 11.8 Å². The number of aromatic nitrogens is 2. The Morgan fingerprint density at radius 1 is 0.963 bits per heavy atom. The molecular weight excluding hydrogens is 358 g/mol. The molecule has 0 atom stereocenters. The molecular formula is C21H21N3O2S. The van der Waals surface area contributed by atoms with Crippen LogP contribution in [-0.2, 0) is 4.79 Å². The van der Waals surface area contributed by atoms with Crippen LogP contribution in [0, 0.1) is 20.8 Å². The van der Waals surface area contributed by atoms with Gasteiger partial charge in [0.05, 0.1) is 0 Å². The van der Waals surface area contributed by atoms with Gasteiger partial charge in [-0.05, 0) is 75.0 Å². The number of aryl methyl sites for hydroxylation is 3. The fourth-order valence-corrected chi connectivity index (χ4v) is 3.29. The molecule has 1 aromatic heterocycles. The van der Waals surface area contributed by atoms with Crippen molar-refractivity contribution in [1.82, 2.24) is 9.97 Å². The van der Waals surface area contributed by atoms with Crippen molar-refractivity contribution in [3.63, 3.8) is 0 Å². The van der Waals surface area contributed by atoms with E-state index < -0.39 is 0 Å². The number of carbonyl (C=O) groups is 1. The van der Waals surface area contributed by atoms with Crippen molar-refractivity contribution < 1.29 is 9.53 Å². The van der Waals surface area contributed by atoms with Gasteiger partial charge in [-0.3, -0.25) is 4.79 Å². The Kier molecular flexibility index (Phi) is 6.08. The van der Waals surface area contributed by atoms with E-state index >= 15 is 0 Å². The van der Waals surface area contributed by atoms with Crippen molar-refractivity contribution >= 4 is 23.4 Å². The largest absolute Gasteiger partial charge is 0.484 e. The number of benzene rings is 2. The molecule has 0 saturated heterocycles. The zero-order chi connectivity index (χ0) is 19.2. The summed E-state index contributed by atoms with van der Waals surface area (Å²) in [7, 11) is 0. The maximum Gasteiger partial charge on any atom is 0.262 e. The third-order valence-electron chi connectivity index (χ3n) is 3.70. The number of hydrogen-bond acceptors (Lipinski definition) is 5. The Morgan fingerprint density at radius 3 is 2.22 bits per heavy atom. The fraction of sp³-hybridized carbons (Fsp3) is 0.190. The lowest BCUT2D eigenvalue weighted by molar-refractivity contribution is -0.118. The molecule has 5 nitrogen and oxygen atoms in total. The lowest BCUT2D eigenvalue weighted by Gasteiger charge is -2.08. The number of nitrogens with one attached hydrogen (secondary N) is 1. The summed E-state index contributed by atoms with van der Waals surface area (Å²) in [6, 6.07) is 17.1. The maximum absolute atomic E-state index is 12.0. The second kappa shape index (κ2) is 8.68. The molecule has 0 aliphatic rings. The second-order valence-corrected chi connectivity index (χ2v) is 7.25. The molecule has 0 aliphatic heterocycles. The summed E-state index contributed by atoms with van der Waals surface area (Å²) in [5, 5.41) is 3.55. The molecule has 0 saturated carbocycles. The Morgan fingerprint density at radius 2 is 1.59 bits per heavy atom. The average Bonchev–Trinajstić information content (AvgIpc) is 2.62. The molecule has 2 aromatic carbocycles. The van der Waals surface area contributed by atoms with E-state index in [0.717, 1.165) is 32.7 Å². The van der Waals surface area contributed by atoms with Crippen LogP contribution in [0.15, 0.2) is 64.6 Å². The van der Waals surface area contributed by atoms with E-state index in [9.17, 15) is 4.79 Å². The van der Waals surface area contributed by atoms with E-state index in [2.05, 4.69) is 15.3 Å². The van der Waals surface area contributed by atoms with Crippen molar-refractivity contribution in [2.75, 3.05) is 11.9 Å². The Balaban J connectivity index is 1.53. The normalized spacial score (nSPS) is 10.5. The number of amides is 1. The van der Waals surface area contributed by atoms with E-state index in [1.54, 1.807) is 0 Å². The van der Waals surface area contributed by atoms with Crippen molar-refractivity contribution in [2.45, 2.75) is 30.8 Å². The summed E-state index contributed by atoms with van der Waals surface area (Å²) >= 11 is 1.49. The molecule has 3 rings (SSSR count). The molecule has 3 aromatic rings. The first-order valence-corrected chi connectivity index (χ1v) is 9.39. The number of anilines is 1. The van der Waals surface area contributed by atoms with Gasteiger partial charge in [-0.1, -0.05) is 17.7 Å². The van der Waals surface area contributed by atoms with Gasteiger partial charge in [-0.25, -0.2) is 9.97 Å². The summed E-state index contributed by atoms with van der Waals surface area (Å²) in [5.74, 6) is 0.476. The smallest absolute Gasteiger partial charge is 0.262 e. The standard InChI is InChI=1S/C21H21N3O2S/c1-14-4-8-18(9-5-14)26-13-20(25)24-17-6-10-19(11-7-17)27-21-22-15(2)12-16(3)23-21/h4-12H,13H2,1-3H3,(H,24,25). The minimum absolute atomic E-state index is 0.0318. The highest BCUT2D eigenvalue weighted by atomic mass is 32.2. The highest BCUT2D eigenvalue weighted by molar-refractivity contribution is 7.99. The van der Waals surface area contributed by atoms with Crippen LogP contribution >= 0.6 is 11.8 Å². The molecule has 138 valence electrons. The number of rotatable bonds is 6. The number of hydrogen-bond donors (Lipinski definition) is 1. The SMILES string of the molecule is Cc1ccc(OCC(=O)Nc2ccc(Sc3nc(C)cc(C)n3)cc2)cc1. The quantitative estimate of drug-likeness (QED) is 0.636. The van der Waals surface area contributed by atoms with Crippen molar-refractivity contribution in [1.29, 1.82) is 0 Å². The molecule has 0 aliphatic carbocycles. The predicted octanol–water partition coefficient (Wildman–Crippen LogP) is 4.57. The Labute approximate surface area is 163 Å². The lowest BCUT2D eigenvalue weighted by atomic mass is 10.2. The van der Waals surface area contributed by atoms with Gasteiger partial charge in [-0.15, -0.1) is 0 Å². The molecule has 0 spiro atoms. The zero-order valence-corrected chi connectivity index (χ0v) is 16.3. The van der Waals surface area contributed by atoms with E-state index in [4.69, 9.17) is 4.74 Å². The van der Waals surface area contributed by atoms with Crippen LogP contribution < -0.4 is 10.1 Å². The number of ether oxygens (including phenoxy) is 1. The monoisotopic (exact) mass is 379 g/mol. The Hall–Kier alpha value is -2.86. The molecule has 1 amide bonds. The van der Waals surface area contributed by atoms with Gasteiger partial charge in [0.2, 0.25) is 0 Å². The highest BCUT2D eigenvalue weighted by Gasteiger charge is 2.06. The van der Waals surface area contributed by atoms with E-state index in [-0.39, 0.29) is 12.5 Å². The maximum atomic E-state index is 12.0. The summed E-state index contributed by atoms with van der Waals surface area (Å²) < 4.78 is 5.49. The minimum Gasteiger partial charge on any atom is -0.484 e. The van der Waals surface area contributed by atoms with Crippen LogP contribution in [-0.4, -0.2) is 22.5 Å². The zero-order valence-electron chi connectivity index (χ0n) is 15.5. The van der Waals surface area contributed by atoms with Gasteiger partial charge in [0.15, 0.2) is 11.8 Å². The van der Waals surface area contributed by atoms with Gasteiger partial charge in [0.1, 0.15) is 5.75 Å². The van der Waals surface area contributed by atoms with Crippen LogP contribution in [0.25, 0.3) is 0 Å². The first-order valence-electron chi connectivity index (χ1n) is 8.57. The van der Waals surface area contributed by atoms with Crippen LogP contribution in [0.1, 0.15) is 17.0 Å². The molecule has 1 N–H and O–H groups in total. The average molecular weight is 379 g/mol. The van der Waals surface area contributed by atoms with Gasteiger partial charge in [0.25, 0.3) is 5.91 Å². The van der Waals surface area contributed by atoms with Gasteiger partial charge in [0, 0.05) is 22.0 Å². The van der Waals surface area contributed by atoms with Crippen LogP contribution in [0.4, 0.5) is 5.69 Å². The first kappa shape index (κ1) is 18.9. The van der Waals surface area contributed by atoms with Crippen molar-refractivity contribution in [3.05, 3.63) is 71.5 Å². The van der Waals surface area contributed by atoms with Gasteiger partial charge >= 0.3 is 0 Å². The second-order valence-electron chi connectivity index (χ2n) is 6.21. The highest BCUT2D eigenvalue weighted by Crippen LogP contribution is 2.26. The van der Waals surface area contributed by atoms with Crippen LogP contribution in [0.2, 0.25) is 0 Å². The summed E-state index contributed by atoms with van der Waals surface area (Å²) in [6.45, 7) is 5.88. The van der Waals surface area contributed by atoms with Crippen molar-refractivity contribution in [3.8, 4) is 5.75 Å². The van der Waals surface area contributed by atoms with Gasteiger partial charge < -0.3 is 10.1 Å². The minimum atomic E-state index is -0.200. The van der Waals surface area contributed by atoms with Crippen molar-refractivity contribution in [2.24, 2.45) is 0 Å². The molecule has 27 heavy (non-hydrogen) atoms. The predicted molar refractivity (Wildman–Crippen MR) is 107 cm³/mol. The Bertz CT molecular complexity index is 905. The topological polar surface area (TPSA) is 64.1 Å². The van der Waals surface area contributed by atoms with E-state index in [1.807, 2.05) is 75.4 Å². The molecule has 0 unspecified atom stereocenters. The number of nitrogens with zero attached hydrogens (tertiary/aromatic N) is 2. The fourth-order valence-electron chi connectivity index (χ4n) is 2.43. The summed E-state index contributed by atoms with van der Waals surface area (Å²) in [5.41, 5.74) is 3.76. The molecule has 6 heteroatoms. The molecule has 1 heterocycles. The lowest BCUT2D eigenvalue weighted by Crippen LogP contribution is -2.20. The van der Waals surface area contributed by atoms with E-state index in [0.29, 0.717) is 5.75 Å². The van der Waals surface area contributed by atoms with Gasteiger partial charge in [-0.2, -0.15) is 0 Å². The van der Waals surface area contributed by atoms with Crippen LogP contribution in [0.3, 0.4) is 0 Å². The van der Waals surface area contributed by atoms with Crippen LogP contribution in [0.5, 0.6) is 5.75 Å². The number of carbonyl (C=O) groups excluding carboxylic acids is 1.